The van der Waals surface area contributed by atoms with Crippen LogP contribution in [0.5, 0.6) is 0 Å². The van der Waals surface area contributed by atoms with Crippen molar-refractivity contribution in [3.8, 4) is 0 Å². The van der Waals surface area contributed by atoms with Crippen molar-refractivity contribution in [1.82, 2.24) is 14.7 Å². The summed E-state index contributed by atoms with van der Waals surface area (Å²) in [6.07, 6.45) is 1.56. The summed E-state index contributed by atoms with van der Waals surface area (Å²) in [4.78, 5) is 14.6. The van der Waals surface area contributed by atoms with E-state index in [0.717, 1.165) is 6.54 Å². The van der Waals surface area contributed by atoms with Gasteiger partial charge in [-0.1, -0.05) is 15.9 Å². The molecule has 0 aliphatic rings. The lowest BCUT2D eigenvalue weighted by Gasteiger charge is -2.12. The highest BCUT2D eigenvalue weighted by Crippen LogP contribution is 2.23. The van der Waals surface area contributed by atoms with Gasteiger partial charge in [-0.15, -0.1) is 0 Å². The van der Waals surface area contributed by atoms with Crippen LogP contribution in [-0.2, 0) is 6.54 Å². The van der Waals surface area contributed by atoms with Crippen LogP contribution in [0.25, 0.3) is 0 Å². The minimum atomic E-state index is -0.554. The molecule has 0 aliphatic carbocycles. The van der Waals surface area contributed by atoms with E-state index >= 15 is 0 Å². The number of carbonyl (C=O) groups excluding carboxylic acids is 1. The molecule has 21 heavy (non-hydrogen) atoms. The Morgan fingerprint density at radius 2 is 2.10 bits per heavy atom. The Balaban J connectivity index is 2.36. The number of aromatic nitrogens is 2. The predicted molar refractivity (Wildman–Crippen MR) is 86.0 cm³/mol. The second-order valence-electron chi connectivity index (χ2n) is 4.82. The van der Waals surface area contributed by atoms with Crippen LogP contribution >= 0.6 is 31.9 Å². The molecule has 112 valence electrons. The second-order valence-corrected chi connectivity index (χ2v) is 6.59. The third kappa shape index (κ3) is 3.78. The van der Waals surface area contributed by atoms with Gasteiger partial charge in [0.2, 0.25) is 5.78 Å². The van der Waals surface area contributed by atoms with Crippen molar-refractivity contribution in [2.24, 2.45) is 0 Å². The van der Waals surface area contributed by atoms with Crippen LogP contribution in [0, 0.1) is 5.82 Å². The monoisotopic (exact) mass is 417 g/mol. The average Bonchev–Trinajstić information content (AvgIpc) is 2.77. The first-order valence-corrected chi connectivity index (χ1v) is 7.84. The van der Waals surface area contributed by atoms with Crippen molar-refractivity contribution in [1.29, 1.82) is 0 Å². The summed E-state index contributed by atoms with van der Waals surface area (Å²) >= 11 is 6.49. The standard InChI is InChI=1S/C14H14Br2FN3O/c1-19(2)5-6-20-13(11(16)8-18-20)14(21)10-4-3-9(15)7-12(10)17/h3-4,7-8H,5-6H2,1-2H3. The summed E-state index contributed by atoms with van der Waals surface area (Å²) in [6.45, 7) is 1.29. The molecule has 0 spiro atoms. The van der Waals surface area contributed by atoms with Gasteiger partial charge < -0.3 is 4.90 Å². The van der Waals surface area contributed by atoms with Gasteiger partial charge in [0.25, 0.3) is 0 Å². The second kappa shape index (κ2) is 6.81. The molecule has 0 bridgehead atoms. The van der Waals surface area contributed by atoms with E-state index in [0.29, 0.717) is 21.2 Å². The van der Waals surface area contributed by atoms with E-state index < -0.39 is 5.82 Å². The van der Waals surface area contributed by atoms with Gasteiger partial charge in [0, 0.05) is 11.0 Å². The van der Waals surface area contributed by atoms with E-state index in [2.05, 4.69) is 37.0 Å². The number of rotatable bonds is 5. The zero-order valence-corrected chi connectivity index (χ0v) is 14.8. The minimum Gasteiger partial charge on any atom is -0.308 e. The van der Waals surface area contributed by atoms with Gasteiger partial charge in [0.15, 0.2) is 0 Å². The van der Waals surface area contributed by atoms with Gasteiger partial charge in [-0.2, -0.15) is 5.10 Å². The Hall–Kier alpha value is -1.05. The molecular weight excluding hydrogens is 405 g/mol. The molecule has 0 aliphatic heterocycles. The van der Waals surface area contributed by atoms with Crippen molar-refractivity contribution >= 4 is 37.6 Å². The molecule has 4 nitrogen and oxygen atoms in total. The molecule has 0 atom stereocenters. The minimum absolute atomic E-state index is 0.0329. The third-order valence-corrected chi connectivity index (χ3v) is 4.02. The Labute approximate surface area is 139 Å². The molecule has 1 heterocycles. The van der Waals surface area contributed by atoms with Gasteiger partial charge in [0.1, 0.15) is 11.5 Å². The molecule has 1 aromatic carbocycles. The number of carbonyl (C=O) groups is 1. The third-order valence-electron chi connectivity index (χ3n) is 2.94. The lowest BCUT2D eigenvalue weighted by Crippen LogP contribution is -2.22. The number of likely N-dealkylation sites (N-methyl/N-ethyl adjacent to an activating group) is 1. The van der Waals surface area contributed by atoms with Crippen LogP contribution < -0.4 is 0 Å². The highest BCUT2D eigenvalue weighted by atomic mass is 79.9. The van der Waals surface area contributed by atoms with Gasteiger partial charge in [0.05, 0.1) is 22.8 Å². The summed E-state index contributed by atoms with van der Waals surface area (Å²) in [7, 11) is 3.88. The molecule has 2 aromatic rings. The van der Waals surface area contributed by atoms with Gasteiger partial charge in [-0.05, 0) is 48.2 Å². The van der Waals surface area contributed by atoms with Crippen molar-refractivity contribution in [2.75, 3.05) is 20.6 Å². The maximum absolute atomic E-state index is 14.0. The fraction of sp³-hybridized carbons (Fsp3) is 0.286. The van der Waals surface area contributed by atoms with E-state index in [-0.39, 0.29) is 11.3 Å². The quantitative estimate of drug-likeness (QED) is 0.699. The zero-order chi connectivity index (χ0) is 15.6. The van der Waals surface area contributed by atoms with E-state index in [1.807, 2.05) is 19.0 Å². The largest absolute Gasteiger partial charge is 0.308 e. The van der Waals surface area contributed by atoms with Crippen molar-refractivity contribution in [3.63, 3.8) is 0 Å². The first-order valence-electron chi connectivity index (χ1n) is 6.26. The average molecular weight is 419 g/mol. The zero-order valence-electron chi connectivity index (χ0n) is 11.6. The number of hydrogen-bond acceptors (Lipinski definition) is 3. The fourth-order valence-electron chi connectivity index (χ4n) is 1.85. The van der Waals surface area contributed by atoms with Crippen molar-refractivity contribution in [3.05, 3.63) is 50.4 Å². The number of hydrogen-bond donors (Lipinski definition) is 0. The molecule has 2 rings (SSSR count). The summed E-state index contributed by atoms with van der Waals surface area (Å²) < 4.78 is 16.7. The summed E-state index contributed by atoms with van der Waals surface area (Å²) in [5, 5.41) is 4.17. The maximum atomic E-state index is 14.0. The number of ketones is 1. The smallest absolute Gasteiger partial charge is 0.215 e. The SMILES string of the molecule is CN(C)CCn1ncc(Br)c1C(=O)c1ccc(Br)cc1F. The van der Waals surface area contributed by atoms with Crippen molar-refractivity contribution < 1.29 is 9.18 Å². The Bertz CT molecular complexity index is 670. The molecule has 1 aromatic heterocycles. The predicted octanol–water partition coefficient (Wildman–Crippen LogP) is 3.34. The molecule has 0 saturated carbocycles. The van der Waals surface area contributed by atoms with E-state index in [4.69, 9.17) is 0 Å². The number of nitrogens with zero attached hydrogens (tertiary/aromatic N) is 3. The first kappa shape index (κ1) is 16.3. The maximum Gasteiger partial charge on any atom is 0.215 e. The van der Waals surface area contributed by atoms with Gasteiger partial charge >= 0.3 is 0 Å². The van der Waals surface area contributed by atoms with Gasteiger partial charge in [-0.3, -0.25) is 9.48 Å². The number of benzene rings is 1. The highest BCUT2D eigenvalue weighted by molar-refractivity contribution is 9.10. The lowest BCUT2D eigenvalue weighted by atomic mass is 10.1. The van der Waals surface area contributed by atoms with Crippen molar-refractivity contribution in [2.45, 2.75) is 6.54 Å². The fourth-order valence-corrected chi connectivity index (χ4v) is 2.66. The molecular formula is C14H14Br2FN3O. The van der Waals surface area contributed by atoms with Crippen LogP contribution in [0.4, 0.5) is 4.39 Å². The summed E-state index contributed by atoms with van der Waals surface area (Å²) in [5.74, 6) is -0.940. The Kier molecular flexibility index (Phi) is 5.29. The van der Waals surface area contributed by atoms with Crippen LogP contribution in [0.2, 0.25) is 0 Å². The first-order chi connectivity index (χ1) is 9.90. The summed E-state index contributed by atoms with van der Waals surface area (Å²) in [5.41, 5.74) is 0.392. The Morgan fingerprint density at radius 3 is 2.71 bits per heavy atom. The molecule has 0 N–H and O–H groups in total. The Morgan fingerprint density at radius 1 is 1.38 bits per heavy atom. The van der Waals surface area contributed by atoms with Crippen LogP contribution in [0.1, 0.15) is 16.1 Å². The number of halogens is 3. The molecule has 0 radical (unpaired) electrons. The molecule has 0 saturated heterocycles. The topological polar surface area (TPSA) is 38.1 Å². The highest BCUT2D eigenvalue weighted by Gasteiger charge is 2.21. The van der Waals surface area contributed by atoms with Crippen LogP contribution in [-0.4, -0.2) is 41.1 Å². The molecule has 0 unspecified atom stereocenters. The van der Waals surface area contributed by atoms with E-state index in [1.165, 1.54) is 12.1 Å². The molecule has 0 fully saturated rings. The van der Waals surface area contributed by atoms with Gasteiger partial charge in [-0.25, -0.2) is 4.39 Å². The molecule has 0 amide bonds. The van der Waals surface area contributed by atoms with Crippen LogP contribution in [0.3, 0.4) is 0 Å². The van der Waals surface area contributed by atoms with Crippen LogP contribution in [0.15, 0.2) is 33.3 Å². The lowest BCUT2D eigenvalue weighted by molar-refractivity contribution is 0.102. The van der Waals surface area contributed by atoms with E-state index in [1.54, 1.807) is 16.9 Å². The summed E-state index contributed by atoms with van der Waals surface area (Å²) in [6, 6.07) is 4.39. The normalized spacial score (nSPS) is 11.1. The molecule has 7 heteroatoms. The van der Waals surface area contributed by atoms with E-state index in [9.17, 15) is 9.18 Å².